The number of carbonyl (C=O) groups is 1. The van der Waals surface area contributed by atoms with E-state index >= 15 is 0 Å². The van der Waals surface area contributed by atoms with Crippen LogP contribution in [0.4, 0.5) is 5.69 Å². The molecule has 0 saturated heterocycles. The number of carbonyl (C=O) groups excluding carboxylic acids is 1. The van der Waals surface area contributed by atoms with Crippen molar-refractivity contribution in [2.24, 2.45) is 0 Å². The molecule has 0 radical (unpaired) electrons. The summed E-state index contributed by atoms with van der Waals surface area (Å²) in [4.78, 5) is 32.8. The minimum Gasteiger partial charge on any atom is -0.312 e. The van der Waals surface area contributed by atoms with Crippen molar-refractivity contribution in [2.45, 2.75) is 51.5 Å². The SMILES string of the molecule is Cc1ccc2c(c1)CCCN2C(=O)CCc1nc2ccccc2c(=O)n1C1CC1. The van der Waals surface area contributed by atoms with Crippen LogP contribution in [0, 0.1) is 6.92 Å². The number of benzene rings is 2. The average molecular weight is 387 g/mol. The van der Waals surface area contributed by atoms with Gasteiger partial charge in [0.05, 0.1) is 10.9 Å². The van der Waals surface area contributed by atoms with Gasteiger partial charge in [0.2, 0.25) is 5.91 Å². The van der Waals surface area contributed by atoms with Gasteiger partial charge in [0.1, 0.15) is 5.82 Å². The van der Waals surface area contributed by atoms with E-state index in [2.05, 4.69) is 25.1 Å². The molecule has 5 nitrogen and oxygen atoms in total. The molecule has 1 aliphatic heterocycles. The quantitative estimate of drug-likeness (QED) is 0.681. The van der Waals surface area contributed by atoms with Crippen molar-refractivity contribution >= 4 is 22.5 Å². The van der Waals surface area contributed by atoms with Crippen LogP contribution in [0.5, 0.6) is 0 Å². The summed E-state index contributed by atoms with van der Waals surface area (Å²) in [5.41, 5.74) is 4.27. The summed E-state index contributed by atoms with van der Waals surface area (Å²) in [5, 5.41) is 0.662. The molecular formula is C24H25N3O2. The lowest BCUT2D eigenvalue weighted by Crippen LogP contribution is -2.36. The van der Waals surface area contributed by atoms with Gasteiger partial charge < -0.3 is 4.90 Å². The number of para-hydroxylation sites is 1. The molecular weight excluding hydrogens is 362 g/mol. The molecule has 148 valence electrons. The fraction of sp³-hybridized carbons (Fsp3) is 0.375. The molecule has 1 aromatic heterocycles. The summed E-state index contributed by atoms with van der Waals surface area (Å²) in [6.07, 6.45) is 4.90. The number of nitrogens with zero attached hydrogens (tertiary/aromatic N) is 3. The van der Waals surface area contributed by atoms with Crippen LogP contribution in [-0.2, 0) is 17.6 Å². The fourth-order valence-electron chi connectivity index (χ4n) is 4.42. The third kappa shape index (κ3) is 3.35. The number of aryl methyl sites for hydroxylation is 3. The maximum absolute atomic E-state index is 13.1. The Morgan fingerprint density at radius 1 is 1.17 bits per heavy atom. The molecule has 5 rings (SSSR count). The topological polar surface area (TPSA) is 55.2 Å². The van der Waals surface area contributed by atoms with E-state index in [4.69, 9.17) is 4.98 Å². The molecule has 3 aromatic rings. The highest BCUT2D eigenvalue weighted by molar-refractivity contribution is 5.94. The first-order valence-corrected chi connectivity index (χ1v) is 10.5. The van der Waals surface area contributed by atoms with Crippen LogP contribution in [0.15, 0.2) is 47.3 Å². The molecule has 2 aromatic carbocycles. The van der Waals surface area contributed by atoms with Crippen molar-refractivity contribution in [1.82, 2.24) is 9.55 Å². The van der Waals surface area contributed by atoms with Crippen LogP contribution in [0.1, 0.15) is 48.7 Å². The predicted octanol–water partition coefficient (Wildman–Crippen LogP) is 3.95. The lowest BCUT2D eigenvalue weighted by atomic mass is 9.99. The van der Waals surface area contributed by atoms with E-state index in [0.29, 0.717) is 18.2 Å². The highest BCUT2D eigenvalue weighted by Crippen LogP contribution is 2.35. The second kappa shape index (κ2) is 7.14. The van der Waals surface area contributed by atoms with E-state index < -0.39 is 0 Å². The van der Waals surface area contributed by atoms with E-state index in [9.17, 15) is 9.59 Å². The number of hydrogen-bond acceptors (Lipinski definition) is 3. The van der Waals surface area contributed by atoms with E-state index in [-0.39, 0.29) is 17.5 Å². The Labute approximate surface area is 170 Å². The lowest BCUT2D eigenvalue weighted by Gasteiger charge is -2.30. The Morgan fingerprint density at radius 3 is 2.83 bits per heavy atom. The third-order valence-electron chi connectivity index (χ3n) is 6.01. The predicted molar refractivity (Wildman–Crippen MR) is 114 cm³/mol. The van der Waals surface area contributed by atoms with Crippen LogP contribution >= 0.6 is 0 Å². The van der Waals surface area contributed by atoms with Gasteiger partial charge >= 0.3 is 0 Å². The molecule has 1 amide bonds. The Kier molecular flexibility index (Phi) is 4.46. The Morgan fingerprint density at radius 2 is 2.00 bits per heavy atom. The maximum Gasteiger partial charge on any atom is 0.261 e. The Bertz CT molecular complexity index is 1160. The largest absolute Gasteiger partial charge is 0.312 e. The lowest BCUT2D eigenvalue weighted by molar-refractivity contribution is -0.118. The number of hydrogen-bond donors (Lipinski definition) is 0. The molecule has 5 heteroatoms. The van der Waals surface area contributed by atoms with E-state index in [1.807, 2.05) is 33.7 Å². The first-order chi connectivity index (χ1) is 14.1. The summed E-state index contributed by atoms with van der Waals surface area (Å²) in [6.45, 7) is 2.85. The minimum absolute atomic E-state index is 0.0272. The van der Waals surface area contributed by atoms with Crippen LogP contribution < -0.4 is 10.5 Å². The third-order valence-corrected chi connectivity index (χ3v) is 6.01. The van der Waals surface area contributed by atoms with E-state index in [1.165, 1.54) is 11.1 Å². The van der Waals surface area contributed by atoms with Gasteiger partial charge in [0.25, 0.3) is 5.56 Å². The summed E-state index contributed by atoms with van der Waals surface area (Å²) in [6, 6.07) is 14.1. The first kappa shape index (κ1) is 18.1. The van der Waals surface area contributed by atoms with Crippen LogP contribution in [0.2, 0.25) is 0 Å². The highest BCUT2D eigenvalue weighted by Gasteiger charge is 2.29. The average Bonchev–Trinajstić information content (AvgIpc) is 3.56. The van der Waals surface area contributed by atoms with Crippen molar-refractivity contribution < 1.29 is 4.79 Å². The number of rotatable bonds is 4. The number of anilines is 1. The molecule has 0 N–H and O–H groups in total. The molecule has 2 heterocycles. The molecule has 0 spiro atoms. The fourth-order valence-corrected chi connectivity index (χ4v) is 4.42. The summed E-state index contributed by atoms with van der Waals surface area (Å²) in [5.74, 6) is 0.852. The van der Waals surface area contributed by atoms with Crippen LogP contribution in [-0.4, -0.2) is 22.0 Å². The zero-order valence-corrected chi connectivity index (χ0v) is 16.7. The van der Waals surface area contributed by atoms with Crippen molar-refractivity contribution in [1.29, 1.82) is 0 Å². The van der Waals surface area contributed by atoms with Gasteiger partial charge in [-0.1, -0.05) is 29.8 Å². The number of fused-ring (bicyclic) bond motifs is 2. The van der Waals surface area contributed by atoms with Gasteiger partial charge in [-0.25, -0.2) is 4.98 Å². The van der Waals surface area contributed by atoms with Gasteiger partial charge in [-0.05, 0) is 56.4 Å². The smallest absolute Gasteiger partial charge is 0.261 e. The molecule has 0 atom stereocenters. The van der Waals surface area contributed by atoms with Gasteiger partial charge in [0.15, 0.2) is 0 Å². The molecule has 2 aliphatic rings. The van der Waals surface area contributed by atoms with E-state index in [1.54, 1.807) is 0 Å². The normalized spacial score (nSPS) is 16.1. The summed E-state index contributed by atoms with van der Waals surface area (Å²) < 4.78 is 1.84. The Balaban J connectivity index is 1.42. The standard InChI is InChI=1S/C24H25N3O2/c1-16-8-11-21-17(15-16)5-4-14-26(21)23(28)13-12-22-25-20-7-3-2-6-19(20)24(29)27(22)18-9-10-18/h2-3,6-8,11,15,18H,4-5,9-10,12-14H2,1H3. The maximum atomic E-state index is 13.1. The van der Waals surface area contributed by atoms with Crippen LogP contribution in [0.25, 0.3) is 10.9 Å². The number of aromatic nitrogens is 2. The minimum atomic E-state index is 0.0272. The van der Waals surface area contributed by atoms with Gasteiger partial charge in [0, 0.05) is 31.1 Å². The van der Waals surface area contributed by atoms with Crippen LogP contribution in [0.3, 0.4) is 0 Å². The molecule has 1 saturated carbocycles. The van der Waals surface area contributed by atoms with Gasteiger partial charge in [-0.2, -0.15) is 0 Å². The highest BCUT2D eigenvalue weighted by atomic mass is 16.2. The van der Waals surface area contributed by atoms with Crippen molar-refractivity contribution in [3.05, 3.63) is 69.8 Å². The molecule has 1 fully saturated rings. The van der Waals surface area contributed by atoms with Gasteiger partial charge in [-0.15, -0.1) is 0 Å². The molecule has 0 unspecified atom stereocenters. The molecule has 29 heavy (non-hydrogen) atoms. The van der Waals surface area contributed by atoms with E-state index in [0.717, 1.165) is 49.3 Å². The summed E-state index contributed by atoms with van der Waals surface area (Å²) in [7, 11) is 0. The molecule has 0 bridgehead atoms. The van der Waals surface area contributed by atoms with Crippen molar-refractivity contribution in [3.8, 4) is 0 Å². The summed E-state index contributed by atoms with van der Waals surface area (Å²) >= 11 is 0. The van der Waals surface area contributed by atoms with Crippen molar-refractivity contribution in [2.75, 3.05) is 11.4 Å². The first-order valence-electron chi connectivity index (χ1n) is 10.5. The second-order valence-electron chi connectivity index (χ2n) is 8.23. The van der Waals surface area contributed by atoms with Crippen molar-refractivity contribution in [3.63, 3.8) is 0 Å². The molecule has 1 aliphatic carbocycles. The zero-order valence-electron chi connectivity index (χ0n) is 16.7. The monoisotopic (exact) mass is 387 g/mol. The zero-order chi connectivity index (χ0) is 20.0. The second-order valence-corrected chi connectivity index (χ2v) is 8.23. The number of amides is 1. The Hall–Kier alpha value is -2.95. The van der Waals surface area contributed by atoms with Gasteiger partial charge in [-0.3, -0.25) is 14.2 Å².